The Morgan fingerprint density at radius 1 is 1.50 bits per heavy atom. The van der Waals surface area contributed by atoms with Crippen molar-refractivity contribution < 1.29 is 13.9 Å². The van der Waals surface area contributed by atoms with Crippen molar-refractivity contribution in [1.82, 2.24) is 10.6 Å². The Labute approximate surface area is 111 Å². The molecule has 0 saturated carbocycles. The molecule has 1 aromatic rings. The molecule has 1 saturated heterocycles. The van der Waals surface area contributed by atoms with Crippen LogP contribution in [0.4, 0.5) is 4.39 Å². The van der Waals surface area contributed by atoms with Crippen molar-refractivity contribution in [3.8, 4) is 0 Å². The van der Waals surface area contributed by atoms with Crippen molar-refractivity contribution in [2.45, 2.75) is 12.6 Å². The van der Waals surface area contributed by atoms with Gasteiger partial charge >= 0.3 is 0 Å². The van der Waals surface area contributed by atoms with E-state index in [4.69, 9.17) is 4.74 Å². The molecule has 1 unspecified atom stereocenters. The highest BCUT2D eigenvalue weighted by atomic mass is 35.5. The van der Waals surface area contributed by atoms with Gasteiger partial charge in [-0.25, -0.2) is 4.39 Å². The van der Waals surface area contributed by atoms with E-state index in [-0.39, 0.29) is 30.7 Å². The number of hydrogen-bond donors (Lipinski definition) is 2. The number of hydrogen-bond acceptors (Lipinski definition) is 3. The molecule has 1 amide bonds. The van der Waals surface area contributed by atoms with E-state index in [1.807, 2.05) is 0 Å². The maximum atomic E-state index is 13.3. The molecule has 2 N–H and O–H groups in total. The third-order valence-electron chi connectivity index (χ3n) is 2.63. The molecule has 1 atom stereocenters. The number of nitrogens with one attached hydrogen (secondary N) is 2. The van der Waals surface area contributed by atoms with Crippen molar-refractivity contribution in [2.24, 2.45) is 0 Å². The predicted molar refractivity (Wildman–Crippen MR) is 68.1 cm³/mol. The lowest BCUT2D eigenvalue weighted by atomic mass is 10.2. The molecular weight excluding hydrogens is 259 g/mol. The molecular formula is C12H16ClFN2O2. The van der Waals surface area contributed by atoms with E-state index in [1.165, 1.54) is 6.07 Å². The molecule has 1 aliphatic rings. The Hall–Kier alpha value is -1.17. The average molecular weight is 275 g/mol. The first kappa shape index (κ1) is 14.9. The van der Waals surface area contributed by atoms with Gasteiger partial charge in [0, 0.05) is 25.2 Å². The molecule has 100 valence electrons. The van der Waals surface area contributed by atoms with E-state index in [0.717, 1.165) is 6.54 Å². The molecule has 0 aromatic heterocycles. The van der Waals surface area contributed by atoms with Gasteiger partial charge in [0.15, 0.2) is 0 Å². The van der Waals surface area contributed by atoms with Crippen LogP contribution >= 0.6 is 12.4 Å². The second-order valence-electron chi connectivity index (χ2n) is 3.87. The topological polar surface area (TPSA) is 50.4 Å². The Kier molecular flexibility index (Phi) is 6.04. The van der Waals surface area contributed by atoms with Crippen LogP contribution in [0.5, 0.6) is 0 Å². The first-order valence-electron chi connectivity index (χ1n) is 5.61. The summed E-state index contributed by atoms with van der Waals surface area (Å²) in [7, 11) is 0. The van der Waals surface area contributed by atoms with Crippen molar-refractivity contribution in [3.05, 3.63) is 35.6 Å². The molecule has 1 aromatic carbocycles. The smallest absolute Gasteiger partial charge is 0.250 e. The second kappa shape index (κ2) is 7.31. The van der Waals surface area contributed by atoms with E-state index in [2.05, 4.69) is 10.6 Å². The largest absolute Gasteiger partial charge is 0.366 e. The lowest BCUT2D eigenvalue weighted by molar-refractivity contribution is -0.134. The summed E-state index contributed by atoms with van der Waals surface area (Å²) in [4.78, 5) is 11.7. The number of carbonyl (C=O) groups is 1. The lowest BCUT2D eigenvalue weighted by Gasteiger charge is -2.22. The second-order valence-corrected chi connectivity index (χ2v) is 3.87. The molecule has 0 bridgehead atoms. The number of morpholine rings is 1. The maximum absolute atomic E-state index is 13.3. The molecule has 4 nitrogen and oxygen atoms in total. The van der Waals surface area contributed by atoms with Crippen LogP contribution in [0.15, 0.2) is 24.3 Å². The highest BCUT2D eigenvalue weighted by Crippen LogP contribution is 2.06. The fourth-order valence-electron chi connectivity index (χ4n) is 1.67. The Morgan fingerprint density at radius 3 is 2.94 bits per heavy atom. The van der Waals surface area contributed by atoms with Gasteiger partial charge in [-0.2, -0.15) is 0 Å². The van der Waals surface area contributed by atoms with E-state index < -0.39 is 6.10 Å². The van der Waals surface area contributed by atoms with E-state index in [0.29, 0.717) is 18.7 Å². The van der Waals surface area contributed by atoms with Gasteiger partial charge in [0.2, 0.25) is 0 Å². The van der Waals surface area contributed by atoms with Gasteiger partial charge in [0.1, 0.15) is 11.9 Å². The summed E-state index contributed by atoms with van der Waals surface area (Å²) in [6, 6.07) is 6.38. The van der Waals surface area contributed by atoms with Crippen molar-refractivity contribution in [2.75, 3.05) is 19.7 Å². The third-order valence-corrected chi connectivity index (χ3v) is 2.63. The Bertz CT molecular complexity index is 397. The first-order chi connectivity index (χ1) is 8.27. The monoisotopic (exact) mass is 274 g/mol. The van der Waals surface area contributed by atoms with Crippen LogP contribution < -0.4 is 10.6 Å². The predicted octanol–water partition coefficient (Wildman–Crippen LogP) is 0.852. The maximum Gasteiger partial charge on any atom is 0.250 e. The van der Waals surface area contributed by atoms with Crippen LogP contribution in [-0.4, -0.2) is 31.7 Å². The summed E-state index contributed by atoms with van der Waals surface area (Å²) < 4.78 is 18.6. The quantitative estimate of drug-likeness (QED) is 0.859. The Morgan fingerprint density at radius 2 is 2.28 bits per heavy atom. The van der Waals surface area contributed by atoms with E-state index in [9.17, 15) is 9.18 Å². The number of amides is 1. The lowest BCUT2D eigenvalue weighted by Crippen LogP contribution is -2.47. The number of halogens is 2. The zero-order chi connectivity index (χ0) is 12.1. The summed E-state index contributed by atoms with van der Waals surface area (Å²) in [5.41, 5.74) is 0.476. The van der Waals surface area contributed by atoms with Gasteiger partial charge in [-0.1, -0.05) is 18.2 Å². The molecule has 18 heavy (non-hydrogen) atoms. The van der Waals surface area contributed by atoms with Crippen molar-refractivity contribution in [1.29, 1.82) is 0 Å². The zero-order valence-corrected chi connectivity index (χ0v) is 10.6. The van der Waals surface area contributed by atoms with Gasteiger partial charge in [-0.05, 0) is 6.07 Å². The minimum atomic E-state index is -0.476. The number of carbonyl (C=O) groups excluding carboxylic acids is 1. The molecule has 6 heteroatoms. The van der Waals surface area contributed by atoms with Gasteiger partial charge in [0.05, 0.1) is 6.61 Å². The van der Waals surface area contributed by atoms with Crippen molar-refractivity contribution in [3.63, 3.8) is 0 Å². The van der Waals surface area contributed by atoms with Gasteiger partial charge < -0.3 is 15.4 Å². The van der Waals surface area contributed by atoms with Crippen LogP contribution in [0.3, 0.4) is 0 Å². The molecule has 1 fully saturated rings. The first-order valence-corrected chi connectivity index (χ1v) is 5.61. The summed E-state index contributed by atoms with van der Waals surface area (Å²) >= 11 is 0. The highest BCUT2D eigenvalue weighted by Gasteiger charge is 2.21. The van der Waals surface area contributed by atoms with Crippen LogP contribution in [0, 0.1) is 5.82 Å². The van der Waals surface area contributed by atoms with Crippen LogP contribution in [0.2, 0.25) is 0 Å². The number of rotatable bonds is 3. The molecule has 0 spiro atoms. The summed E-state index contributed by atoms with van der Waals surface area (Å²) in [6.45, 7) is 1.98. The Balaban J connectivity index is 0.00000162. The van der Waals surface area contributed by atoms with Crippen LogP contribution in [-0.2, 0) is 16.1 Å². The molecule has 0 radical (unpaired) electrons. The van der Waals surface area contributed by atoms with Crippen LogP contribution in [0.1, 0.15) is 5.56 Å². The van der Waals surface area contributed by atoms with Gasteiger partial charge in [0.25, 0.3) is 5.91 Å². The minimum Gasteiger partial charge on any atom is -0.366 e. The summed E-state index contributed by atoms with van der Waals surface area (Å²) in [5, 5.41) is 5.73. The fraction of sp³-hybridized carbons (Fsp3) is 0.417. The zero-order valence-electron chi connectivity index (χ0n) is 9.82. The third kappa shape index (κ3) is 3.94. The van der Waals surface area contributed by atoms with E-state index >= 15 is 0 Å². The van der Waals surface area contributed by atoms with Gasteiger partial charge in [-0.3, -0.25) is 4.79 Å². The average Bonchev–Trinajstić information content (AvgIpc) is 2.38. The van der Waals surface area contributed by atoms with E-state index in [1.54, 1.807) is 18.2 Å². The molecule has 0 aliphatic carbocycles. The van der Waals surface area contributed by atoms with Gasteiger partial charge in [-0.15, -0.1) is 12.4 Å². The SMILES string of the molecule is Cl.O=C(NCc1ccccc1F)C1CNCCO1. The number of ether oxygens (including phenoxy) is 1. The van der Waals surface area contributed by atoms with Crippen LogP contribution in [0.25, 0.3) is 0 Å². The highest BCUT2D eigenvalue weighted by molar-refractivity contribution is 5.85. The molecule has 1 aliphatic heterocycles. The van der Waals surface area contributed by atoms with Crippen molar-refractivity contribution >= 4 is 18.3 Å². The minimum absolute atomic E-state index is 0. The number of benzene rings is 1. The standard InChI is InChI=1S/C12H15FN2O2.ClH/c13-10-4-2-1-3-9(10)7-15-12(16)11-8-14-5-6-17-11;/h1-4,11,14H,5-8H2,(H,15,16);1H. The molecule has 1 heterocycles. The normalized spacial score (nSPS) is 18.8. The summed E-state index contributed by atoms with van der Waals surface area (Å²) in [5.74, 6) is -0.518. The summed E-state index contributed by atoms with van der Waals surface area (Å²) in [6.07, 6.45) is -0.476. The molecule has 2 rings (SSSR count). The fourth-order valence-corrected chi connectivity index (χ4v) is 1.67.